The molecule has 27 heavy (non-hydrogen) atoms. The van der Waals surface area contributed by atoms with Gasteiger partial charge in [0.2, 0.25) is 5.91 Å². The maximum Gasteiger partial charge on any atom is 0.332 e. The van der Waals surface area contributed by atoms with Crippen molar-refractivity contribution < 1.29 is 9.18 Å². The molecule has 0 bridgehead atoms. The van der Waals surface area contributed by atoms with Crippen LogP contribution in [0.3, 0.4) is 0 Å². The maximum atomic E-state index is 13.1. The highest BCUT2D eigenvalue weighted by atomic mass is 19.1. The fourth-order valence-electron chi connectivity index (χ4n) is 2.82. The quantitative estimate of drug-likeness (QED) is 0.733. The SMILES string of the molecule is CC(C)NC(=O)Cn1c(=O)n(Cc2ccc(F)cc2)c(=O)c2ncccc21. The Balaban J connectivity index is 2.13. The molecule has 0 radical (unpaired) electrons. The van der Waals surface area contributed by atoms with Crippen LogP contribution in [0.1, 0.15) is 19.4 Å². The predicted molar refractivity (Wildman–Crippen MR) is 99.0 cm³/mol. The van der Waals surface area contributed by atoms with E-state index in [2.05, 4.69) is 10.3 Å². The van der Waals surface area contributed by atoms with E-state index in [1.54, 1.807) is 12.1 Å². The highest BCUT2D eigenvalue weighted by Gasteiger charge is 2.16. The number of halogens is 1. The van der Waals surface area contributed by atoms with Crippen molar-refractivity contribution in [2.75, 3.05) is 0 Å². The number of carbonyl (C=O) groups excluding carboxylic acids is 1. The molecule has 0 spiro atoms. The summed E-state index contributed by atoms with van der Waals surface area (Å²) in [5.41, 5.74) is -0.202. The minimum Gasteiger partial charge on any atom is -0.352 e. The Morgan fingerprint density at radius 3 is 2.52 bits per heavy atom. The summed E-state index contributed by atoms with van der Waals surface area (Å²) in [7, 11) is 0. The zero-order valence-corrected chi connectivity index (χ0v) is 15.0. The van der Waals surface area contributed by atoms with E-state index in [9.17, 15) is 18.8 Å². The van der Waals surface area contributed by atoms with Crippen molar-refractivity contribution in [3.05, 3.63) is 74.8 Å². The Bertz CT molecular complexity index is 1100. The van der Waals surface area contributed by atoms with Crippen LogP contribution in [0.15, 0.2) is 52.2 Å². The molecule has 0 unspecified atom stereocenters. The molecule has 0 saturated heterocycles. The third-order valence-electron chi connectivity index (χ3n) is 3.99. The van der Waals surface area contributed by atoms with Crippen molar-refractivity contribution >= 4 is 16.9 Å². The fraction of sp³-hybridized carbons (Fsp3) is 0.263. The number of nitrogens with one attached hydrogen (secondary N) is 1. The molecule has 140 valence electrons. The van der Waals surface area contributed by atoms with Crippen LogP contribution in [0, 0.1) is 5.82 Å². The van der Waals surface area contributed by atoms with Gasteiger partial charge >= 0.3 is 5.69 Å². The van der Waals surface area contributed by atoms with Gasteiger partial charge in [-0.3, -0.25) is 18.7 Å². The highest BCUT2D eigenvalue weighted by Crippen LogP contribution is 2.07. The molecule has 8 heteroatoms. The largest absolute Gasteiger partial charge is 0.352 e. The Labute approximate surface area is 154 Å². The average molecular weight is 370 g/mol. The Morgan fingerprint density at radius 1 is 1.15 bits per heavy atom. The summed E-state index contributed by atoms with van der Waals surface area (Å²) >= 11 is 0. The number of amides is 1. The number of rotatable bonds is 5. The molecular weight excluding hydrogens is 351 g/mol. The normalized spacial score (nSPS) is 11.1. The molecule has 0 atom stereocenters. The summed E-state index contributed by atoms with van der Waals surface area (Å²) in [5, 5.41) is 2.73. The zero-order valence-electron chi connectivity index (χ0n) is 15.0. The fourth-order valence-corrected chi connectivity index (χ4v) is 2.82. The van der Waals surface area contributed by atoms with E-state index in [0.29, 0.717) is 11.1 Å². The van der Waals surface area contributed by atoms with E-state index in [1.807, 2.05) is 13.8 Å². The topological polar surface area (TPSA) is 86.0 Å². The van der Waals surface area contributed by atoms with Gasteiger partial charge in [-0.25, -0.2) is 14.2 Å². The van der Waals surface area contributed by atoms with Crippen LogP contribution in [0.4, 0.5) is 4.39 Å². The second kappa shape index (κ2) is 7.53. The molecular formula is C19H19FN4O3. The smallest absolute Gasteiger partial charge is 0.332 e. The Hall–Kier alpha value is -3.29. The van der Waals surface area contributed by atoms with Crippen molar-refractivity contribution in [2.45, 2.75) is 33.0 Å². The van der Waals surface area contributed by atoms with E-state index in [4.69, 9.17) is 0 Å². The van der Waals surface area contributed by atoms with Crippen LogP contribution in [-0.4, -0.2) is 26.1 Å². The van der Waals surface area contributed by atoms with Crippen LogP contribution < -0.4 is 16.6 Å². The summed E-state index contributed by atoms with van der Waals surface area (Å²) in [6.07, 6.45) is 1.45. The molecule has 2 aromatic heterocycles. The van der Waals surface area contributed by atoms with Gasteiger partial charge in [-0.05, 0) is 43.7 Å². The number of nitrogens with zero attached hydrogens (tertiary/aromatic N) is 3. The summed E-state index contributed by atoms with van der Waals surface area (Å²) in [6.45, 7) is 3.35. The number of hydrogen-bond donors (Lipinski definition) is 1. The lowest BCUT2D eigenvalue weighted by atomic mass is 10.2. The van der Waals surface area contributed by atoms with Gasteiger partial charge in [-0.2, -0.15) is 0 Å². The van der Waals surface area contributed by atoms with Crippen molar-refractivity contribution in [3.63, 3.8) is 0 Å². The molecule has 0 fully saturated rings. The lowest BCUT2D eigenvalue weighted by molar-refractivity contribution is -0.122. The second-order valence-corrected chi connectivity index (χ2v) is 6.48. The number of hydrogen-bond acceptors (Lipinski definition) is 4. The first-order valence-electron chi connectivity index (χ1n) is 8.49. The number of aromatic nitrogens is 3. The third-order valence-corrected chi connectivity index (χ3v) is 3.99. The van der Waals surface area contributed by atoms with Crippen molar-refractivity contribution in [1.29, 1.82) is 0 Å². The van der Waals surface area contributed by atoms with Gasteiger partial charge in [0.15, 0.2) is 5.52 Å². The monoisotopic (exact) mass is 370 g/mol. The molecule has 3 rings (SSSR count). The first kappa shape index (κ1) is 18.5. The van der Waals surface area contributed by atoms with E-state index >= 15 is 0 Å². The van der Waals surface area contributed by atoms with Gasteiger partial charge in [-0.15, -0.1) is 0 Å². The minimum absolute atomic E-state index is 0.0454. The summed E-state index contributed by atoms with van der Waals surface area (Å²) in [5.74, 6) is -0.752. The number of pyridine rings is 1. The molecule has 7 nitrogen and oxygen atoms in total. The lowest BCUT2D eigenvalue weighted by Crippen LogP contribution is -2.43. The summed E-state index contributed by atoms with van der Waals surface area (Å²) in [4.78, 5) is 42.0. The number of benzene rings is 1. The van der Waals surface area contributed by atoms with Crippen molar-refractivity contribution in [2.24, 2.45) is 0 Å². The van der Waals surface area contributed by atoms with E-state index < -0.39 is 17.1 Å². The van der Waals surface area contributed by atoms with Gasteiger partial charge in [0.1, 0.15) is 12.4 Å². The van der Waals surface area contributed by atoms with Crippen LogP contribution >= 0.6 is 0 Å². The summed E-state index contributed by atoms with van der Waals surface area (Å²) < 4.78 is 15.3. The molecule has 2 heterocycles. The van der Waals surface area contributed by atoms with Crippen LogP contribution in [0.5, 0.6) is 0 Å². The second-order valence-electron chi connectivity index (χ2n) is 6.48. The van der Waals surface area contributed by atoms with E-state index in [1.165, 1.54) is 35.0 Å². The van der Waals surface area contributed by atoms with Crippen molar-refractivity contribution in [1.82, 2.24) is 19.4 Å². The first-order valence-corrected chi connectivity index (χ1v) is 8.49. The average Bonchev–Trinajstić information content (AvgIpc) is 2.63. The minimum atomic E-state index is -0.622. The van der Waals surface area contributed by atoms with Crippen LogP contribution in [0.2, 0.25) is 0 Å². The molecule has 0 saturated carbocycles. The predicted octanol–water partition coefficient (Wildman–Crippen LogP) is 1.27. The molecule has 1 amide bonds. The molecule has 0 aliphatic rings. The Kier molecular flexibility index (Phi) is 5.16. The van der Waals surface area contributed by atoms with Gasteiger partial charge in [0, 0.05) is 12.2 Å². The third kappa shape index (κ3) is 3.94. The molecule has 1 aromatic carbocycles. The van der Waals surface area contributed by atoms with Gasteiger partial charge in [-0.1, -0.05) is 12.1 Å². The molecule has 1 N–H and O–H groups in total. The number of carbonyl (C=O) groups is 1. The van der Waals surface area contributed by atoms with Gasteiger partial charge in [0.05, 0.1) is 12.1 Å². The molecule has 0 aliphatic carbocycles. The van der Waals surface area contributed by atoms with Crippen LogP contribution in [-0.2, 0) is 17.9 Å². The van der Waals surface area contributed by atoms with Crippen molar-refractivity contribution in [3.8, 4) is 0 Å². The Morgan fingerprint density at radius 2 is 1.85 bits per heavy atom. The maximum absolute atomic E-state index is 13.1. The van der Waals surface area contributed by atoms with Gasteiger partial charge < -0.3 is 5.32 Å². The van der Waals surface area contributed by atoms with Crippen LogP contribution in [0.25, 0.3) is 11.0 Å². The first-order chi connectivity index (χ1) is 12.9. The summed E-state index contributed by atoms with van der Waals surface area (Å²) in [6, 6.07) is 8.61. The van der Waals surface area contributed by atoms with E-state index in [0.717, 1.165) is 4.57 Å². The molecule has 0 aliphatic heterocycles. The number of fused-ring (bicyclic) bond motifs is 1. The van der Waals surface area contributed by atoms with E-state index in [-0.39, 0.29) is 30.6 Å². The highest BCUT2D eigenvalue weighted by molar-refractivity contribution is 5.79. The molecule has 3 aromatic rings. The van der Waals surface area contributed by atoms with Gasteiger partial charge in [0.25, 0.3) is 5.56 Å². The lowest BCUT2D eigenvalue weighted by Gasteiger charge is -2.14. The zero-order chi connectivity index (χ0) is 19.6. The standard InChI is InChI=1S/C19H19FN4O3/c1-12(2)22-16(25)11-23-15-4-3-9-21-17(15)18(26)24(19(23)27)10-13-5-7-14(20)8-6-13/h3-9,12H,10-11H2,1-2H3,(H,22,25).